The summed E-state index contributed by atoms with van der Waals surface area (Å²) in [6, 6.07) is 15.2. The van der Waals surface area contributed by atoms with Crippen LogP contribution in [0.1, 0.15) is 30.6 Å². The molecule has 2 aromatic rings. The van der Waals surface area contributed by atoms with Gasteiger partial charge < -0.3 is 9.84 Å². The SMILES string of the molecule is CCCc1ccc(C(O)COc2ccc(Cl)cc2)cc1. The third-order valence-electron chi connectivity index (χ3n) is 3.12. The van der Waals surface area contributed by atoms with E-state index in [4.69, 9.17) is 16.3 Å². The first-order valence-corrected chi connectivity index (χ1v) is 7.22. The van der Waals surface area contributed by atoms with Crippen LogP contribution in [0.4, 0.5) is 0 Å². The second kappa shape index (κ2) is 7.32. The van der Waals surface area contributed by atoms with Crippen molar-refractivity contribution in [1.82, 2.24) is 0 Å². The van der Waals surface area contributed by atoms with E-state index in [0.29, 0.717) is 10.8 Å². The maximum Gasteiger partial charge on any atom is 0.119 e. The van der Waals surface area contributed by atoms with E-state index in [2.05, 4.69) is 19.1 Å². The van der Waals surface area contributed by atoms with E-state index < -0.39 is 6.10 Å². The van der Waals surface area contributed by atoms with E-state index in [1.165, 1.54) is 5.56 Å². The smallest absolute Gasteiger partial charge is 0.119 e. The molecule has 0 aromatic heterocycles. The molecule has 0 spiro atoms. The zero-order valence-electron chi connectivity index (χ0n) is 11.6. The van der Waals surface area contributed by atoms with Gasteiger partial charge in [0.25, 0.3) is 0 Å². The first kappa shape index (κ1) is 14.9. The van der Waals surface area contributed by atoms with Crippen LogP contribution in [0.5, 0.6) is 5.75 Å². The van der Waals surface area contributed by atoms with Crippen molar-refractivity contribution in [2.24, 2.45) is 0 Å². The Morgan fingerprint density at radius 3 is 2.30 bits per heavy atom. The fraction of sp³-hybridized carbons (Fsp3) is 0.294. The quantitative estimate of drug-likeness (QED) is 0.854. The van der Waals surface area contributed by atoms with Crippen LogP contribution in [0.3, 0.4) is 0 Å². The van der Waals surface area contributed by atoms with Gasteiger partial charge in [-0.1, -0.05) is 49.2 Å². The number of hydrogen-bond donors (Lipinski definition) is 1. The van der Waals surface area contributed by atoms with Crippen LogP contribution in [0, 0.1) is 0 Å². The number of rotatable bonds is 6. The molecule has 0 saturated carbocycles. The van der Waals surface area contributed by atoms with Crippen LogP contribution in [0.15, 0.2) is 48.5 Å². The lowest BCUT2D eigenvalue weighted by Crippen LogP contribution is -2.09. The van der Waals surface area contributed by atoms with E-state index in [1.807, 2.05) is 12.1 Å². The van der Waals surface area contributed by atoms with Crippen LogP contribution in [0.25, 0.3) is 0 Å². The van der Waals surface area contributed by atoms with Gasteiger partial charge in [-0.25, -0.2) is 0 Å². The maximum absolute atomic E-state index is 10.1. The zero-order valence-corrected chi connectivity index (χ0v) is 12.3. The van der Waals surface area contributed by atoms with Gasteiger partial charge in [-0.15, -0.1) is 0 Å². The summed E-state index contributed by atoms with van der Waals surface area (Å²) in [4.78, 5) is 0. The summed E-state index contributed by atoms with van der Waals surface area (Å²) in [6.45, 7) is 2.39. The standard InChI is InChI=1S/C17H19ClO2/c1-2-3-13-4-6-14(7-5-13)17(19)12-20-16-10-8-15(18)9-11-16/h4-11,17,19H,2-3,12H2,1H3. The number of benzene rings is 2. The van der Waals surface area contributed by atoms with E-state index in [9.17, 15) is 5.11 Å². The third kappa shape index (κ3) is 4.26. The molecule has 0 heterocycles. The maximum atomic E-state index is 10.1. The largest absolute Gasteiger partial charge is 0.491 e. The predicted octanol–water partition coefficient (Wildman–Crippen LogP) is 4.40. The lowest BCUT2D eigenvalue weighted by Gasteiger charge is -2.13. The summed E-state index contributed by atoms with van der Waals surface area (Å²) in [5.74, 6) is 0.705. The van der Waals surface area contributed by atoms with Crippen molar-refractivity contribution >= 4 is 11.6 Å². The van der Waals surface area contributed by atoms with Gasteiger partial charge in [-0.3, -0.25) is 0 Å². The molecule has 0 aliphatic heterocycles. The molecular formula is C17H19ClO2. The number of ether oxygens (including phenoxy) is 1. The molecule has 3 heteroatoms. The summed E-state index contributed by atoms with van der Waals surface area (Å²) in [5.41, 5.74) is 2.17. The Hall–Kier alpha value is -1.51. The predicted molar refractivity (Wildman–Crippen MR) is 82.3 cm³/mol. The Kier molecular flexibility index (Phi) is 5.45. The van der Waals surface area contributed by atoms with Crippen LogP contribution in [0.2, 0.25) is 5.02 Å². The van der Waals surface area contributed by atoms with Gasteiger partial charge in [0.05, 0.1) is 0 Å². The molecule has 0 fully saturated rings. The molecule has 2 rings (SSSR count). The van der Waals surface area contributed by atoms with Crippen molar-refractivity contribution < 1.29 is 9.84 Å². The molecule has 0 amide bonds. The molecule has 106 valence electrons. The first-order valence-electron chi connectivity index (χ1n) is 6.84. The fourth-order valence-electron chi connectivity index (χ4n) is 2.00. The summed E-state index contributed by atoms with van der Waals surface area (Å²) >= 11 is 5.81. The van der Waals surface area contributed by atoms with Crippen LogP contribution in [-0.2, 0) is 6.42 Å². The summed E-state index contributed by atoms with van der Waals surface area (Å²) in [5, 5.41) is 10.8. The molecular weight excluding hydrogens is 272 g/mol. The molecule has 0 saturated heterocycles. The second-order valence-electron chi connectivity index (χ2n) is 4.77. The molecule has 1 unspecified atom stereocenters. The van der Waals surface area contributed by atoms with Crippen LogP contribution >= 0.6 is 11.6 Å². The molecule has 2 aromatic carbocycles. The monoisotopic (exact) mass is 290 g/mol. The Morgan fingerprint density at radius 2 is 1.70 bits per heavy atom. The van der Waals surface area contributed by atoms with Crippen molar-refractivity contribution in [1.29, 1.82) is 0 Å². The van der Waals surface area contributed by atoms with Gasteiger partial charge in [0, 0.05) is 5.02 Å². The Bertz CT molecular complexity index is 520. The average molecular weight is 291 g/mol. The topological polar surface area (TPSA) is 29.5 Å². The van der Waals surface area contributed by atoms with E-state index in [-0.39, 0.29) is 6.61 Å². The Labute approximate surface area is 125 Å². The highest BCUT2D eigenvalue weighted by molar-refractivity contribution is 6.30. The Morgan fingerprint density at radius 1 is 1.05 bits per heavy atom. The number of aliphatic hydroxyl groups excluding tert-OH is 1. The molecule has 0 aliphatic rings. The summed E-state index contributed by atoms with van der Waals surface area (Å²) < 4.78 is 5.55. The Balaban J connectivity index is 1.90. The van der Waals surface area contributed by atoms with Crippen molar-refractivity contribution in [2.75, 3.05) is 6.61 Å². The highest BCUT2D eigenvalue weighted by Gasteiger charge is 2.08. The van der Waals surface area contributed by atoms with Crippen molar-refractivity contribution in [3.63, 3.8) is 0 Å². The molecule has 2 nitrogen and oxygen atoms in total. The third-order valence-corrected chi connectivity index (χ3v) is 3.38. The molecule has 1 N–H and O–H groups in total. The van der Waals surface area contributed by atoms with Crippen LogP contribution in [-0.4, -0.2) is 11.7 Å². The van der Waals surface area contributed by atoms with Crippen molar-refractivity contribution in [3.05, 3.63) is 64.7 Å². The number of halogens is 1. The molecule has 0 radical (unpaired) electrons. The first-order chi connectivity index (χ1) is 9.69. The van der Waals surface area contributed by atoms with Crippen molar-refractivity contribution in [2.45, 2.75) is 25.9 Å². The second-order valence-corrected chi connectivity index (χ2v) is 5.21. The summed E-state index contributed by atoms with van der Waals surface area (Å²) in [7, 11) is 0. The zero-order chi connectivity index (χ0) is 14.4. The number of hydrogen-bond acceptors (Lipinski definition) is 2. The molecule has 0 bridgehead atoms. The lowest BCUT2D eigenvalue weighted by atomic mass is 10.0. The van der Waals surface area contributed by atoms with Gasteiger partial charge in [-0.05, 0) is 41.8 Å². The minimum atomic E-state index is -0.624. The fourth-order valence-corrected chi connectivity index (χ4v) is 2.12. The highest BCUT2D eigenvalue weighted by Crippen LogP contribution is 2.19. The molecule has 0 aliphatic carbocycles. The van der Waals surface area contributed by atoms with Gasteiger partial charge in [-0.2, -0.15) is 0 Å². The molecule has 1 atom stereocenters. The van der Waals surface area contributed by atoms with Gasteiger partial charge in [0.2, 0.25) is 0 Å². The lowest BCUT2D eigenvalue weighted by molar-refractivity contribution is 0.108. The normalized spacial score (nSPS) is 12.2. The highest BCUT2D eigenvalue weighted by atomic mass is 35.5. The van der Waals surface area contributed by atoms with E-state index >= 15 is 0 Å². The van der Waals surface area contributed by atoms with Crippen LogP contribution < -0.4 is 4.74 Å². The number of aliphatic hydroxyl groups is 1. The van der Waals surface area contributed by atoms with E-state index in [1.54, 1.807) is 24.3 Å². The minimum absolute atomic E-state index is 0.231. The van der Waals surface area contributed by atoms with Gasteiger partial charge >= 0.3 is 0 Å². The number of aryl methyl sites for hydroxylation is 1. The van der Waals surface area contributed by atoms with Gasteiger partial charge in [0.15, 0.2) is 0 Å². The van der Waals surface area contributed by atoms with Crippen molar-refractivity contribution in [3.8, 4) is 5.75 Å². The minimum Gasteiger partial charge on any atom is -0.491 e. The van der Waals surface area contributed by atoms with Gasteiger partial charge in [0.1, 0.15) is 18.5 Å². The molecule has 20 heavy (non-hydrogen) atoms. The average Bonchev–Trinajstić information content (AvgIpc) is 2.47. The summed E-state index contributed by atoms with van der Waals surface area (Å²) in [6.07, 6.45) is 1.57. The van der Waals surface area contributed by atoms with E-state index in [0.717, 1.165) is 18.4 Å².